The van der Waals surface area contributed by atoms with Gasteiger partial charge in [-0.2, -0.15) is 4.31 Å². The van der Waals surface area contributed by atoms with E-state index >= 15 is 0 Å². The molecule has 1 amide bonds. The van der Waals surface area contributed by atoms with Crippen molar-refractivity contribution in [2.45, 2.75) is 35.9 Å². The Morgan fingerprint density at radius 2 is 2.07 bits per heavy atom. The van der Waals surface area contributed by atoms with Crippen LogP contribution in [-0.4, -0.2) is 36.2 Å². The fourth-order valence-electron chi connectivity index (χ4n) is 3.33. The highest BCUT2D eigenvalue weighted by Gasteiger charge is 2.35. The summed E-state index contributed by atoms with van der Waals surface area (Å²) in [5.41, 5.74) is 0.845. The molecule has 27 heavy (non-hydrogen) atoms. The Labute approximate surface area is 165 Å². The van der Waals surface area contributed by atoms with E-state index < -0.39 is 10.0 Å². The highest BCUT2D eigenvalue weighted by Crippen LogP contribution is 2.30. The van der Waals surface area contributed by atoms with Gasteiger partial charge in [-0.3, -0.25) is 4.79 Å². The maximum atomic E-state index is 12.9. The number of thiazole rings is 1. The molecular weight excluding hydrogens is 402 g/mol. The maximum absolute atomic E-state index is 12.9. The molecule has 1 aliphatic rings. The number of thiophene rings is 1. The van der Waals surface area contributed by atoms with Crippen molar-refractivity contribution in [3.05, 3.63) is 41.8 Å². The molecule has 1 aromatic carbocycles. The summed E-state index contributed by atoms with van der Waals surface area (Å²) in [6.45, 7) is 0.458. The molecule has 1 N–H and O–H groups in total. The van der Waals surface area contributed by atoms with Gasteiger partial charge in [-0.1, -0.05) is 36.0 Å². The first kappa shape index (κ1) is 18.5. The fraction of sp³-hybridized carbons (Fsp3) is 0.333. The molecule has 0 unspecified atom stereocenters. The molecule has 1 fully saturated rings. The second-order valence-electron chi connectivity index (χ2n) is 6.44. The van der Waals surface area contributed by atoms with Crippen LogP contribution in [0.5, 0.6) is 0 Å². The molecule has 9 heteroatoms. The first-order valence-electron chi connectivity index (χ1n) is 8.75. The van der Waals surface area contributed by atoms with Crippen LogP contribution in [0.2, 0.25) is 0 Å². The van der Waals surface area contributed by atoms with Crippen molar-refractivity contribution in [2.75, 3.05) is 11.9 Å². The Bertz CT molecular complexity index is 1010. The molecule has 0 radical (unpaired) electrons. The van der Waals surface area contributed by atoms with Crippen LogP contribution < -0.4 is 5.32 Å². The van der Waals surface area contributed by atoms with E-state index in [2.05, 4.69) is 10.3 Å². The van der Waals surface area contributed by atoms with E-state index in [9.17, 15) is 13.2 Å². The highest BCUT2D eigenvalue weighted by atomic mass is 32.2. The Hall–Kier alpha value is -1.81. The number of carbonyl (C=O) groups excluding carboxylic acids is 1. The van der Waals surface area contributed by atoms with Gasteiger partial charge in [0.05, 0.1) is 10.2 Å². The molecule has 2 aromatic heterocycles. The van der Waals surface area contributed by atoms with Gasteiger partial charge in [-0.05, 0) is 36.4 Å². The van der Waals surface area contributed by atoms with Gasteiger partial charge in [0.25, 0.3) is 10.0 Å². The molecule has 0 spiro atoms. The molecule has 1 atom stereocenters. The summed E-state index contributed by atoms with van der Waals surface area (Å²) < 4.78 is 28.7. The Morgan fingerprint density at radius 3 is 2.85 bits per heavy atom. The zero-order chi connectivity index (χ0) is 18.9. The van der Waals surface area contributed by atoms with E-state index in [-0.39, 0.29) is 18.4 Å². The SMILES string of the molecule is O=C(C[C@@H]1CCCCN1S(=O)(=O)c1cccs1)Nc1nc2ccccc2s1. The molecule has 6 nitrogen and oxygen atoms in total. The van der Waals surface area contributed by atoms with Crippen LogP contribution in [0.1, 0.15) is 25.7 Å². The van der Waals surface area contributed by atoms with Crippen molar-refractivity contribution in [3.8, 4) is 0 Å². The molecule has 142 valence electrons. The minimum absolute atomic E-state index is 0.139. The third kappa shape index (κ3) is 3.91. The molecule has 0 aliphatic carbocycles. The number of nitrogens with zero attached hydrogens (tertiary/aromatic N) is 2. The standard InChI is InChI=1S/C18H19N3O3S3/c22-16(20-18-19-14-7-1-2-8-15(14)26-18)12-13-6-3-4-10-21(13)27(23,24)17-9-5-11-25-17/h1-2,5,7-9,11,13H,3-4,6,10,12H2,(H,19,20,22)/t13-/m0/s1. The maximum Gasteiger partial charge on any atom is 0.252 e. The highest BCUT2D eigenvalue weighted by molar-refractivity contribution is 7.91. The summed E-state index contributed by atoms with van der Waals surface area (Å²) in [5, 5.41) is 5.14. The topological polar surface area (TPSA) is 79.4 Å². The number of carbonyl (C=O) groups is 1. The minimum Gasteiger partial charge on any atom is -0.302 e. The molecule has 3 aromatic rings. The van der Waals surface area contributed by atoms with Crippen molar-refractivity contribution in [2.24, 2.45) is 0 Å². The number of benzene rings is 1. The number of para-hydroxylation sites is 1. The average Bonchev–Trinajstić information content (AvgIpc) is 3.31. The van der Waals surface area contributed by atoms with E-state index in [1.54, 1.807) is 17.5 Å². The lowest BCUT2D eigenvalue weighted by molar-refractivity contribution is -0.117. The molecule has 1 saturated heterocycles. The van der Waals surface area contributed by atoms with Crippen LogP contribution >= 0.6 is 22.7 Å². The number of hydrogen-bond donors (Lipinski definition) is 1. The predicted molar refractivity (Wildman–Crippen MR) is 109 cm³/mol. The Balaban J connectivity index is 1.48. The van der Waals surface area contributed by atoms with Crippen LogP contribution in [0, 0.1) is 0 Å². The second kappa shape index (κ2) is 7.67. The van der Waals surface area contributed by atoms with E-state index in [1.165, 1.54) is 27.0 Å². The Morgan fingerprint density at radius 1 is 1.22 bits per heavy atom. The van der Waals surface area contributed by atoms with E-state index in [1.807, 2.05) is 24.3 Å². The zero-order valence-electron chi connectivity index (χ0n) is 14.5. The number of anilines is 1. The fourth-order valence-corrected chi connectivity index (χ4v) is 7.02. The van der Waals surface area contributed by atoms with Crippen LogP contribution in [0.3, 0.4) is 0 Å². The third-order valence-corrected chi connectivity index (χ3v) is 8.87. The number of sulfonamides is 1. The number of nitrogens with one attached hydrogen (secondary N) is 1. The lowest BCUT2D eigenvalue weighted by atomic mass is 10.0. The smallest absolute Gasteiger partial charge is 0.252 e. The summed E-state index contributed by atoms with van der Waals surface area (Å²) in [6, 6.07) is 10.7. The quantitative estimate of drug-likeness (QED) is 0.677. The molecule has 3 heterocycles. The number of fused-ring (bicyclic) bond motifs is 1. The van der Waals surface area contributed by atoms with Gasteiger partial charge in [0.2, 0.25) is 5.91 Å². The van der Waals surface area contributed by atoms with E-state index in [0.717, 1.165) is 23.1 Å². The third-order valence-electron chi connectivity index (χ3n) is 4.59. The normalized spacial score (nSPS) is 18.6. The van der Waals surface area contributed by atoms with Crippen LogP contribution in [0.15, 0.2) is 46.0 Å². The summed E-state index contributed by atoms with van der Waals surface area (Å²) in [6.07, 6.45) is 2.58. The van der Waals surface area contributed by atoms with E-state index in [4.69, 9.17) is 0 Å². The molecule has 4 rings (SSSR count). The lowest BCUT2D eigenvalue weighted by Gasteiger charge is -2.33. The number of amides is 1. The minimum atomic E-state index is -3.55. The number of hydrogen-bond acceptors (Lipinski definition) is 6. The van der Waals surface area contributed by atoms with Crippen molar-refractivity contribution in [1.29, 1.82) is 0 Å². The van der Waals surface area contributed by atoms with Gasteiger partial charge in [0, 0.05) is 19.0 Å². The van der Waals surface area contributed by atoms with Crippen molar-refractivity contribution < 1.29 is 13.2 Å². The summed E-state index contributed by atoms with van der Waals surface area (Å²) >= 11 is 2.63. The van der Waals surface area contributed by atoms with Crippen molar-refractivity contribution >= 4 is 54.0 Å². The lowest BCUT2D eigenvalue weighted by Crippen LogP contribution is -2.45. The molecule has 0 bridgehead atoms. The number of rotatable bonds is 5. The van der Waals surface area contributed by atoms with Gasteiger partial charge in [0.1, 0.15) is 4.21 Å². The summed E-state index contributed by atoms with van der Waals surface area (Å²) in [5.74, 6) is -0.202. The van der Waals surface area contributed by atoms with Crippen LogP contribution in [-0.2, 0) is 14.8 Å². The zero-order valence-corrected chi connectivity index (χ0v) is 16.9. The van der Waals surface area contributed by atoms with Crippen molar-refractivity contribution in [1.82, 2.24) is 9.29 Å². The first-order valence-corrected chi connectivity index (χ1v) is 11.9. The first-order chi connectivity index (χ1) is 13.0. The van der Waals surface area contributed by atoms with E-state index in [0.29, 0.717) is 22.3 Å². The van der Waals surface area contributed by atoms with Crippen LogP contribution in [0.25, 0.3) is 10.2 Å². The van der Waals surface area contributed by atoms with Gasteiger partial charge in [-0.15, -0.1) is 11.3 Å². The second-order valence-corrected chi connectivity index (χ2v) is 10.5. The molecule has 0 saturated carbocycles. The predicted octanol–water partition coefficient (Wildman–Crippen LogP) is 3.93. The monoisotopic (exact) mass is 421 g/mol. The molecule has 1 aliphatic heterocycles. The molecular formula is C18H19N3O3S3. The summed E-state index contributed by atoms with van der Waals surface area (Å²) in [7, 11) is -3.55. The average molecular weight is 422 g/mol. The number of piperidine rings is 1. The summed E-state index contributed by atoms with van der Waals surface area (Å²) in [4.78, 5) is 17.0. The van der Waals surface area contributed by atoms with Gasteiger partial charge >= 0.3 is 0 Å². The van der Waals surface area contributed by atoms with Gasteiger partial charge < -0.3 is 5.32 Å². The van der Waals surface area contributed by atoms with Gasteiger partial charge in [-0.25, -0.2) is 13.4 Å². The van der Waals surface area contributed by atoms with Crippen LogP contribution in [0.4, 0.5) is 5.13 Å². The van der Waals surface area contributed by atoms with Crippen molar-refractivity contribution in [3.63, 3.8) is 0 Å². The largest absolute Gasteiger partial charge is 0.302 e. The number of aromatic nitrogens is 1. The van der Waals surface area contributed by atoms with Gasteiger partial charge in [0.15, 0.2) is 5.13 Å². The Kier molecular flexibility index (Phi) is 5.27.